The van der Waals surface area contributed by atoms with Gasteiger partial charge in [0.05, 0.1) is 7.11 Å². The molecule has 1 fully saturated rings. The van der Waals surface area contributed by atoms with Crippen LogP contribution in [-0.2, 0) is 11.3 Å². The molecule has 0 saturated carbocycles. The van der Waals surface area contributed by atoms with E-state index in [0.29, 0.717) is 0 Å². The Labute approximate surface area is 133 Å². The number of benzene rings is 1. The van der Waals surface area contributed by atoms with Crippen molar-refractivity contribution < 1.29 is 9.53 Å². The summed E-state index contributed by atoms with van der Waals surface area (Å²) in [5.74, 6) is 1.24. The van der Waals surface area contributed by atoms with Gasteiger partial charge in [-0.05, 0) is 13.1 Å². The van der Waals surface area contributed by atoms with Crippen LogP contribution in [0.5, 0.6) is 5.75 Å². The van der Waals surface area contributed by atoms with Gasteiger partial charge in [-0.25, -0.2) is 0 Å². The topological polar surface area (TPSA) is 44.8 Å². The monoisotopic (exact) mass is 305 g/mol. The molecule has 1 atom stereocenters. The number of para-hydroxylation sites is 1. The average Bonchev–Trinajstić information content (AvgIpc) is 2.55. The average molecular weight is 305 g/mol. The van der Waals surface area contributed by atoms with Gasteiger partial charge in [-0.3, -0.25) is 9.69 Å². The van der Waals surface area contributed by atoms with Crippen molar-refractivity contribution in [2.75, 3.05) is 46.9 Å². The van der Waals surface area contributed by atoms with E-state index in [1.54, 1.807) is 7.11 Å². The molecule has 22 heavy (non-hydrogen) atoms. The molecule has 0 spiro atoms. The summed E-state index contributed by atoms with van der Waals surface area (Å²) in [6.45, 7) is 7.04. The summed E-state index contributed by atoms with van der Waals surface area (Å²) >= 11 is 0. The van der Waals surface area contributed by atoms with E-state index in [2.05, 4.69) is 16.3 Å². The van der Waals surface area contributed by atoms with Crippen LogP contribution in [0.1, 0.15) is 12.5 Å². The van der Waals surface area contributed by atoms with Crippen molar-refractivity contribution in [1.29, 1.82) is 0 Å². The SMILES string of the molecule is CNCC(C)C(=O)N1CCN(Cc2ccccc2OC)CC1. The Morgan fingerprint density at radius 1 is 1.27 bits per heavy atom. The first-order chi connectivity index (χ1) is 10.7. The quantitative estimate of drug-likeness (QED) is 0.858. The fourth-order valence-electron chi connectivity index (χ4n) is 2.91. The summed E-state index contributed by atoms with van der Waals surface area (Å²) in [7, 11) is 3.59. The minimum absolute atomic E-state index is 0.0470. The van der Waals surface area contributed by atoms with Crippen molar-refractivity contribution in [1.82, 2.24) is 15.1 Å². The van der Waals surface area contributed by atoms with Crippen LogP contribution in [0.4, 0.5) is 0 Å². The van der Waals surface area contributed by atoms with E-state index in [1.165, 1.54) is 5.56 Å². The van der Waals surface area contributed by atoms with Gasteiger partial charge >= 0.3 is 0 Å². The lowest BCUT2D eigenvalue weighted by atomic mass is 10.1. The molecule has 1 amide bonds. The van der Waals surface area contributed by atoms with Gasteiger partial charge in [0.2, 0.25) is 5.91 Å². The van der Waals surface area contributed by atoms with Gasteiger partial charge in [0, 0.05) is 50.7 Å². The lowest BCUT2D eigenvalue weighted by molar-refractivity contribution is -0.136. The predicted molar refractivity (Wildman–Crippen MR) is 87.9 cm³/mol. The van der Waals surface area contributed by atoms with Crippen molar-refractivity contribution in [2.24, 2.45) is 5.92 Å². The van der Waals surface area contributed by atoms with Crippen molar-refractivity contribution in [3.8, 4) is 5.75 Å². The van der Waals surface area contributed by atoms with E-state index in [4.69, 9.17) is 4.74 Å². The Morgan fingerprint density at radius 2 is 1.95 bits per heavy atom. The van der Waals surface area contributed by atoms with Gasteiger partial charge < -0.3 is 15.0 Å². The number of piperazine rings is 1. The molecule has 1 aliphatic heterocycles. The molecule has 1 aromatic rings. The van der Waals surface area contributed by atoms with Crippen LogP contribution in [0.25, 0.3) is 0 Å². The highest BCUT2D eigenvalue weighted by atomic mass is 16.5. The second-order valence-electron chi connectivity index (χ2n) is 5.87. The lowest BCUT2D eigenvalue weighted by Gasteiger charge is -2.36. The van der Waals surface area contributed by atoms with Crippen LogP contribution in [0, 0.1) is 5.92 Å². The molecule has 122 valence electrons. The molecule has 2 rings (SSSR count). The van der Waals surface area contributed by atoms with E-state index in [1.807, 2.05) is 37.1 Å². The minimum atomic E-state index is 0.0470. The number of nitrogens with one attached hydrogen (secondary N) is 1. The number of methoxy groups -OCH3 is 1. The van der Waals surface area contributed by atoms with Gasteiger partial charge in [0.1, 0.15) is 5.75 Å². The van der Waals surface area contributed by atoms with Crippen LogP contribution in [-0.4, -0.2) is 62.6 Å². The minimum Gasteiger partial charge on any atom is -0.496 e. The van der Waals surface area contributed by atoms with E-state index in [9.17, 15) is 4.79 Å². The zero-order valence-corrected chi connectivity index (χ0v) is 13.8. The first-order valence-electron chi connectivity index (χ1n) is 7.93. The van der Waals surface area contributed by atoms with E-state index >= 15 is 0 Å². The summed E-state index contributed by atoms with van der Waals surface area (Å²) in [6, 6.07) is 8.12. The zero-order chi connectivity index (χ0) is 15.9. The van der Waals surface area contributed by atoms with Crippen molar-refractivity contribution in [3.05, 3.63) is 29.8 Å². The lowest BCUT2D eigenvalue weighted by Crippen LogP contribution is -2.50. The highest BCUT2D eigenvalue weighted by molar-refractivity contribution is 5.78. The molecule has 1 unspecified atom stereocenters. The van der Waals surface area contributed by atoms with Crippen molar-refractivity contribution in [2.45, 2.75) is 13.5 Å². The number of hydrogen-bond donors (Lipinski definition) is 1. The summed E-state index contributed by atoms with van der Waals surface area (Å²) in [5, 5.41) is 3.07. The zero-order valence-electron chi connectivity index (χ0n) is 13.8. The van der Waals surface area contributed by atoms with Gasteiger partial charge in [-0.15, -0.1) is 0 Å². The third-order valence-electron chi connectivity index (χ3n) is 4.20. The largest absolute Gasteiger partial charge is 0.496 e. The van der Waals surface area contributed by atoms with Gasteiger partial charge in [0.15, 0.2) is 0 Å². The third-order valence-corrected chi connectivity index (χ3v) is 4.20. The summed E-state index contributed by atoms with van der Waals surface area (Å²) < 4.78 is 5.41. The summed E-state index contributed by atoms with van der Waals surface area (Å²) in [5.41, 5.74) is 1.20. The smallest absolute Gasteiger partial charge is 0.226 e. The highest BCUT2D eigenvalue weighted by Crippen LogP contribution is 2.20. The fraction of sp³-hybridized carbons (Fsp3) is 0.588. The van der Waals surface area contributed by atoms with Crippen LogP contribution in [0.2, 0.25) is 0 Å². The number of carbonyl (C=O) groups excluding carboxylic acids is 1. The molecule has 0 aliphatic carbocycles. The molecular weight excluding hydrogens is 278 g/mol. The van der Waals surface area contributed by atoms with Crippen LogP contribution in [0.3, 0.4) is 0 Å². The molecule has 0 bridgehead atoms. The van der Waals surface area contributed by atoms with E-state index in [-0.39, 0.29) is 11.8 Å². The fourth-order valence-corrected chi connectivity index (χ4v) is 2.91. The molecule has 1 saturated heterocycles. The summed E-state index contributed by atoms with van der Waals surface area (Å²) in [6.07, 6.45) is 0. The molecule has 1 aromatic carbocycles. The first-order valence-corrected chi connectivity index (χ1v) is 7.93. The standard InChI is InChI=1S/C17H27N3O2/c1-14(12-18-2)17(21)20-10-8-19(9-11-20)13-15-6-4-5-7-16(15)22-3/h4-7,14,18H,8-13H2,1-3H3. The Morgan fingerprint density at radius 3 is 2.59 bits per heavy atom. The summed E-state index contributed by atoms with van der Waals surface area (Å²) in [4.78, 5) is 16.7. The van der Waals surface area contributed by atoms with Crippen LogP contribution >= 0.6 is 0 Å². The number of carbonyl (C=O) groups is 1. The molecule has 1 heterocycles. The molecule has 5 heteroatoms. The van der Waals surface area contributed by atoms with Crippen molar-refractivity contribution >= 4 is 5.91 Å². The molecule has 0 radical (unpaired) electrons. The first kappa shape index (κ1) is 16.8. The Bertz CT molecular complexity index is 485. The predicted octanol–water partition coefficient (Wildman–Crippen LogP) is 1.19. The number of ether oxygens (including phenoxy) is 1. The molecule has 1 aliphatic rings. The normalized spacial score (nSPS) is 17.3. The maximum Gasteiger partial charge on any atom is 0.226 e. The maximum absolute atomic E-state index is 12.3. The molecule has 1 N–H and O–H groups in total. The van der Waals surface area contributed by atoms with Crippen molar-refractivity contribution in [3.63, 3.8) is 0 Å². The van der Waals surface area contributed by atoms with E-state index in [0.717, 1.165) is 45.0 Å². The second-order valence-corrected chi connectivity index (χ2v) is 5.87. The number of hydrogen-bond acceptors (Lipinski definition) is 4. The maximum atomic E-state index is 12.3. The molecule has 0 aromatic heterocycles. The van der Waals surface area contributed by atoms with Crippen LogP contribution < -0.4 is 10.1 Å². The Balaban J connectivity index is 1.86. The van der Waals surface area contributed by atoms with Gasteiger partial charge in [0.25, 0.3) is 0 Å². The van der Waals surface area contributed by atoms with Gasteiger partial charge in [-0.2, -0.15) is 0 Å². The Hall–Kier alpha value is -1.59. The number of amides is 1. The molecule has 5 nitrogen and oxygen atoms in total. The second kappa shape index (κ2) is 8.15. The number of rotatable bonds is 6. The third kappa shape index (κ3) is 4.21. The van der Waals surface area contributed by atoms with Crippen LogP contribution in [0.15, 0.2) is 24.3 Å². The van der Waals surface area contributed by atoms with E-state index < -0.39 is 0 Å². The highest BCUT2D eigenvalue weighted by Gasteiger charge is 2.24. The number of nitrogens with zero attached hydrogens (tertiary/aromatic N) is 2. The Kier molecular flexibility index (Phi) is 6.21. The van der Waals surface area contributed by atoms with Gasteiger partial charge in [-0.1, -0.05) is 25.1 Å². The molecular formula is C17H27N3O2.